The standard InChI is InChI=1S/C7H16N2/c1-3-6(2)8-9-7-4-5-7/h6-9H,3-5H2,1-2H3. The quantitative estimate of drug-likeness (QED) is 0.553. The molecular formula is C7H16N2. The highest BCUT2D eigenvalue weighted by Crippen LogP contribution is 2.17. The van der Waals surface area contributed by atoms with E-state index in [2.05, 4.69) is 24.7 Å². The smallest absolute Gasteiger partial charge is 0.0214 e. The highest BCUT2D eigenvalue weighted by atomic mass is 15.4. The van der Waals surface area contributed by atoms with Gasteiger partial charge in [-0.25, -0.2) is 0 Å². The maximum Gasteiger partial charge on any atom is 0.0214 e. The van der Waals surface area contributed by atoms with Crippen molar-refractivity contribution in [3.05, 3.63) is 0 Å². The lowest BCUT2D eigenvalue weighted by molar-refractivity contribution is 0.438. The third-order valence-electron chi connectivity index (χ3n) is 1.72. The molecule has 0 aromatic heterocycles. The normalized spacial score (nSPS) is 22.0. The molecule has 0 amide bonds. The first-order valence-electron chi connectivity index (χ1n) is 3.84. The van der Waals surface area contributed by atoms with Gasteiger partial charge in [0, 0.05) is 12.1 Å². The van der Waals surface area contributed by atoms with Crippen LogP contribution in [-0.4, -0.2) is 12.1 Å². The van der Waals surface area contributed by atoms with Crippen molar-refractivity contribution in [1.29, 1.82) is 0 Å². The molecule has 1 saturated carbocycles. The lowest BCUT2D eigenvalue weighted by atomic mass is 10.3. The van der Waals surface area contributed by atoms with Crippen LogP contribution in [0.5, 0.6) is 0 Å². The van der Waals surface area contributed by atoms with E-state index in [0.717, 1.165) is 6.04 Å². The Kier molecular flexibility index (Phi) is 2.49. The van der Waals surface area contributed by atoms with E-state index >= 15 is 0 Å². The van der Waals surface area contributed by atoms with Crippen molar-refractivity contribution >= 4 is 0 Å². The molecule has 0 aromatic carbocycles. The Hall–Kier alpha value is -0.0800. The maximum absolute atomic E-state index is 3.26. The molecule has 9 heavy (non-hydrogen) atoms. The predicted molar refractivity (Wildman–Crippen MR) is 39.0 cm³/mol. The molecule has 1 rings (SSSR count). The van der Waals surface area contributed by atoms with E-state index in [4.69, 9.17) is 0 Å². The molecule has 2 N–H and O–H groups in total. The van der Waals surface area contributed by atoms with Crippen LogP contribution in [0.4, 0.5) is 0 Å². The van der Waals surface area contributed by atoms with Gasteiger partial charge in [0.05, 0.1) is 0 Å². The Morgan fingerprint density at radius 2 is 2.22 bits per heavy atom. The molecule has 0 aliphatic heterocycles. The lowest BCUT2D eigenvalue weighted by Crippen LogP contribution is -2.39. The fourth-order valence-electron chi connectivity index (χ4n) is 0.590. The third kappa shape index (κ3) is 2.82. The van der Waals surface area contributed by atoms with Gasteiger partial charge in [0.25, 0.3) is 0 Å². The zero-order valence-electron chi connectivity index (χ0n) is 6.28. The third-order valence-corrected chi connectivity index (χ3v) is 1.72. The molecule has 1 unspecified atom stereocenters. The van der Waals surface area contributed by atoms with Crippen molar-refractivity contribution in [2.75, 3.05) is 0 Å². The highest BCUT2D eigenvalue weighted by Gasteiger charge is 2.20. The number of hydrogen-bond acceptors (Lipinski definition) is 2. The number of hydrogen-bond donors (Lipinski definition) is 2. The number of nitrogens with one attached hydrogen (secondary N) is 2. The minimum atomic E-state index is 0.616. The van der Waals surface area contributed by atoms with E-state index in [0.29, 0.717) is 6.04 Å². The Morgan fingerprint density at radius 3 is 2.67 bits per heavy atom. The van der Waals surface area contributed by atoms with Gasteiger partial charge in [-0.05, 0) is 26.2 Å². The van der Waals surface area contributed by atoms with Crippen molar-refractivity contribution in [3.8, 4) is 0 Å². The summed E-state index contributed by atoms with van der Waals surface area (Å²) in [7, 11) is 0. The topological polar surface area (TPSA) is 24.1 Å². The monoisotopic (exact) mass is 128 g/mol. The van der Waals surface area contributed by atoms with E-state index in [-0.39, 0.29) is 0 Å². The van der Waals surface area contributed by atoms with Crippen molar-refractivity contribution in [2.24, 2.45) is 0 Å². The van der Waals surface area contributed by atoms with E-state index in [1.807, 2.05) is 0 Å². The van der Waals surface area contributed by atoms with E-state index in [9.17, 15) is 0 Å². The SMILES string of the molecule is CCC(C)NNC1CC1. The molecule has 2 nitrogen and oxygen atoms in total. The van der Waals surface area contributed by atoms with Crippen LogP contribution in [0.3, 0.4) is 0 Å². The summed E-state index contributed by atoms with van der Waals surface area (Å²) in [4.78, 5) is 0. The second-order valence-electron chi connectivity index (χ2n) is 2.87. The second kappa shape index (κ2) is 3.18. The maximum atomic E-state index is 3.26. The Bertz CT molecular complexity index is 79.0. The van der Waals surface area contributed by atoms with Crippen molar-refractivity contribution in [1.82, 2.24) is 10.9 Å². The average Bonchev–Trinajstić information content (AvgIpc) is 2.65. The Balaban J connectivity index is 1.90. The van der Waals surface area contributed by atoms with Crippen LogP contribution in [0, 0.1) is 0 Å². The first-order chi connectivity index (χ1) is 4.33. The summed E-state index contributed by atoms with van der Waals surface area (Å²) in [6.45, 7) is 4.38. The largest absolute Gasteiger partial charge is 0.255 e. The van der Waals surface area contributed by atoms with Crippen LogP contribution >= 0.6 is 0 Å². The van der Waals surface area contributed by atoms with Crippen LogP contribution in [0.2, 0.25) is 0 Å². The van der Waals surface area contributed by atoms with Crippen molar-refractivity contribution in [3.63, 3.8) is 0 Å². The van der Waals surface area contributed by atoms with Gasteiger partial charge in [-0.15, -0.1) is 0 Å². The summed E-state index contributed by atoms with van der Waals surface area (Å²) in [5.74, 6) is 0. The van der Waals surface area contributed by atoms with Gasteiger partial charge in [-0.3, -0.25) is 10.9 Å². The summed E-state index contributed by atoms with van der Waals surface area (Å²) in [5, 5.41) is 0. The Morgan fingerprint density at radius 1 is 1.56 bits per heavy atom. The van der Waals surface area contributed by atoms with Gasteiger partial charge >= 0.3 is 0 Å². The van der Waals surface area contributed by atoms with Crippen molar-refractivity contribution in [2.45, 2.75) is 45.2 Å². The summed E-state index contributed by atoms with van der Waals surface area (Å²) < 4.78 is 0. The van der Waals surface area contributed by atoms with Gasteiger partial charge in [-0.2, -0.15) is 0 Å². The molecule has 54 valence electrons. The van der Waals surface area contributed by atoms with Gasteiger partial charge < -0.3 is 0 Å². The molecule has 1 fully saturated rings. The van der Waals surface area contributed by atoms with Crippen LogP contribution in [0.25, 0.3) is 0 Å². The fraction of sp³-hybridized carbons (Fsp3) is 1.00. The van der Waals surface area contributed by atoms with E-state index in [1.54, 1.807) is 0 Å². The molecule has 0 saturated heterocycles. The fourth-order valence-corrected chi connectivity index (χ4v) is 0.590. The van der Waals surface area contributed by atoms with Gasteiger partial charge in [0.2, 0.25) is 0 Å². The van der Waals surface area contributed by atoms with Gasteiger partial charge in [-0.1, -0.05) is 6.92 Å². The molecule has 0 heterocycles. The first kappa shape index (κ1) is 7.03. The average molecular weight is 128 g/mol. The van der Waals surface area contributed by atoms with Gasteiger partial charge in [0.15, 0.2) is 0 Å². The van der Waals surface area contributed by atoms with Crippen LogP contribution in [0.15, 0.2) is 0 Å². The van der Waals surface area contributed by atoms with Gasteiger partial charge in [0.1, 0.15) is 0 Å². The van der Waals surface area contributed by atoms with E-state index in [1.165, 1.54) is 19.3 Å². The number of hydrazine groups is 1. The molecule has 0 radical (unpaired) electrons. The molecule has 0 spiro atoms. The van der Waals surface area contributed by atoms with E-state index < -0.39 is 0 Å². The van der Waals surface area contributed by atoms with Crippen molar-refractivity contribution < 1.29 is 0 Å². The molecule has 1 aliphatic rings. The molecule has 0 bridgehead atoms. The zero-order chi connectivity index (χ0) is 6.69. The molecule has 1 atom stereocenters. The molecule has 1 aliphatic carbocycles. The van der Waals surface area contributed by atoms with Crippen LogP contribution < -0.4 is 10.9 Å². The molecular weight excluding hydrogens is 112 g/mol. The van der Waals surface area contributed by atoms with Crippen LogP contribution in [0.1, 0.15) is 33.1 Å². The minimum absolute atomic E-state index is 0.616. The summed E-state index contributed by atoms with van der Waals surface area (Å²) in [6.07, 6.45) is 3.90. The lowest BCUT2D eigenvalue weighted by Gasteiger charge is -2.10. The Labute approximate surface area is 57.0 Å². The summed E-state index contributed by atoms with van der Waals surface area (Å²) in [5.41, 5.74) is 6.50. The van der Waals surface area contributed by atoms with Crippen LogP contribution in [-0.2, 0) is 0 Å². The zero-order valence-corrected chi connectivity index (χ0v) is 6.28. The minimum Gasteiger partial charge on any atom is -0.255 e. The summed E-state index contributed by atoms with van der Waals surface area (Å²) >= 11 is 0. The highest BCUT2D eigenvalue weighted by molar-refractivity contribution is 4.79. The first-order valence-corrected chi connectivity index (χ1v) is 3.84. The summed E-state index contributed by atoms with van der Waals surface area (Å²) in [6, 6.07) is 1.39. The number of rotatable bonds is 4. The second-order valence-corrected chi connectivity index (χ2v) is 2.87. The predicted octanol–water partition coefficient (Wildman–Crippen LogP) is 1.04. The molecule has 0 aromatic rings. The molecule has 2 heteroatoms.